The molecule has 2 aromatic rings. The first-order valence-electron chi connectivity index (χ1n) is 8.55. The zero-order valence-corrected chi connectivity index (χ0v) is 14.2. The Hall–Kier alpha value is -1.51. The molecule has 0 N–H and O–H groups in total. The van der Waals surface area contributed by atoms with E-state index in [2.05, 4.69) is 42.2 Å². The van der Waals surface area contributed by atoms with Crippen molar-refractivity contribution in [2.45, 2.75) is 31.6 Å². The maximum absolute atomic E-state index is 6.28. The van der Waals surface area contributed by atoms with Crippen molar-refractivity contribution in [2.24, 2.45) is 0 Å². The van der Waals surface area contributed by atoms with Crippen molar-refractivity contribution < 1.29 is 4.74 Å². The number of benzene rings is 2. The Morgan fingerprint density at radius 1 is 1.04 bits per heavy atom. The minimum atomic E-state index is 0.462. The number of ether oxygens (including phenoxy) is 1. The molecular formula is C20H22ClNO. The van der Waals surface area contributed by atoms with Crippen LogP contribution in [-0.4, -0.2) is 24.5 Å². The van der Waals surface area contributed by atoms with Crippen LogP contribution in [0.2, 0.25) is 5.02 Å². The fourth-order valence-corrected chi connectivity index (χ4v) is 4.16. The van der Waals surface area contributed by atoms with Crippen molar-refractivity contribution >= 4 is 11.6 Å². The summed E-state index contributed by atoms with van der Waals surface area (Å²) in [6.07, 6.45) is 2.51. The second-order valence-corrected chi connectivity index (χ2v) is 7.08. The van der Waals surface area contributed by atoms with E-state index >= 15 is 0 Å². The molecule has 0 spiro atoms. The zero-order chi connectivity index (χ0) is 15.8. The Balaban J connectivity index is 1.77. The highest BCUT2D eigenvalue weighted by Gasteiger charge is 2.39. The number of hydrogen-bond donors (Lipinski definition) is 0. The van der Waals surface area contributed by atoms with Gasteiger partial charge in [-0.3, -0.25) is 0 Å². The van der Waals surface area contributed by atoms with Crippen LogP contribution in [0.25, 0.3) is 0 Å². The van der Waals surface area contributed by atoms with Crippen molar-refractivity contribution in [1.29, 1.82) is 0 Å². The fraction of sp³-hybridized carbons (Fsp3) is 0.400. The summed E-state index contributed by atoms with van der Waals surface area (Å²) in [6.45, 7) is 5.64. The van der Waals surface area contributed by atoms with Gasteiger partial charge in [0.25, 0.3) is 0 Å². The van der Waals surface area contributed by atoms with E-state index in [4.69, 9.17) is 16.3 Å². The molecule has 0 bridgehead atoms. The molecule has 1 saturated heterocycles. The fourth-order valence-electron chi connectivity index (χ4n) is 3.98. The number of unbranched alkanes of at least 4 members (excludes halogenated alkanes) is 1. The predicted octanol–water partition coefficient (Wildman–Crippen LogP) is 5.43. The Bertz CT molecular complexity index is 715. The van der Waals surface area contributed by atoms with Crippen LogP contribution in [0.4, 0.5) is 0 Å². The Labute approximate surface area is 143 Å². The second-order valence-electron chi connectivity index (χ2n) is 6.65. The van der Waals surface area contributed by atoms with Crippen molar-refractivity contribution in [3.8, 4) is 11.5 Å². The predicted molar refractivity (Wildman–Crippen MR) is 94.8 cm³/mol. The molecule has 4 rings (SSSR count). The lowest BCUT2D eigenvalue weighted by Crippen LogP contribution is -2.22. The highest BCUT2D eigenvalue weighted by molar-refractivity contribution is 6.30. The van der Waals surface area contributed by atoms with E-state index < -0.39 is 0 Å². The van der Waals surface area contributed by atoms with E-state index in [0.717, 1.165) is 29.6 Å². The summed E-state index contributed by atoms with van der Waals surface area (Å²) in [5, 5.41) is 0.795. The molecule has 2 atom stereocenters. The number of halogens is 1. The molecule has 1 fully saturated rings. The Morgan fingerprint density at radius 3 is 2.61 bits per heavy atom. The van der Waals surface area contributed by atoms with Crippen LogP contribution in [-0.2, 0) is 0 Å². The molecule has 2 nitrogen and oxygen atoms in total. The van der Waals surface area contributed by atoms with E-state index in [1.54, 1.807) is 0 Å². The molecule has 3 heteroatoms. The third-order valence-electron chi connectivity index (χ3n) is 5.13. The lowest BCUT2D eigenvalue weighted by molar-refractivity contribution is 0.323. The van der Waals surface area contributed by atoms with Crippen LogP contribution in [0.3, 0.4) is 0 Å². The summed E-state index contributed by atoms with van der Waals surface area (Å²) < 4.78 is 6.23. The minimum Gasteiger partial charge on any atom is -0.457 e. The summed E-state index contributed by atoms with van der Waals surface area (Å²) in [4.78, 5) is 2.60. The van der Waals surface area contributed by atoms with Gasteiger partial charge in [0.15, 0.2) is 0 Å². The number of fused-ring (bicyclic) bond motifs is 5. The topological polar surface area (TPSA) is 12.5 Å². The summed E-state index contributed by atoms with van der Waals surface area (Å²) in [5.74, 6) is 2.92. The van der Waals surface area contributed by atoms with Gasteiger partial charge in [-0.05, 0) is 42.8 Å². The summed E-state index contributed by atoms with van der Waals surface area (Å²) in [5.41, 5.74) is 2.60. The van der Waals surface area contributed by atoms with E-state index in [-0.39, 0.29) is 0 Å². The molecule has 1 unspecified atom stereocenters. The Morgan fingerprint density at radius 2 is 1.78 bits per heavy atom. The first-order valence-corrected chi connectivity index (χ1v) is 8.92. The maximum Gasteiger partial charge on any atom is 0.131 e. The summed E-state index contributed by atoms with van der Waals surface area (Å²) >= 11 is 6.28. The SMILES string of the molecule is CCCCN1CC2c3cc(Cl)ccc3Oc3ccccc3[C@H]2C1. The van der Waals surface area contributed by atoms with Crippen molar-refractivity contribution in [1.82, 2.24) is 4.90 Å². The van der Waals surface area contributed by atoms with Crippen molar-refractivity contribution in [3.63, 3.8) is 0 Å². The maximum atomic E-state index is 6.28. The molecule has 120 valence electrons. The molecule has 2 aliphatic rings. The summed E-state index contributed by atoms with van der Waals surface area (Å²) in [7, 11) is 0. The quantitative estimate of drug-likeness (QED) is 0.745. The molecule has 0 saturated carbocycles. The van der Waals surface area contributed by atoms with E-state index in [9.17, 15) is 0 Å². The number of nitrogens with zero attached hydrogens (tertiary/aromatic N) is 1. The van der Waals surface area contributed by atoms with Crippen molar-refractivity contribution in [3.05, 3.63) is 58.6 Å². The monoisotopic (exact) mass is 327 g/mol. The third kappa shape index (κ3) is 2.75. The second kappa shape index (κ2) is 6.18. The van der Waals surface area contributed by atoms with Crippen molar-refractivity contribution in [2.75, 3.05) is 19.6 Å². The van der Waals surface area contributed by atoms with E-state index in [0.29, 0.717) is 11.8 Å². The number of rotatable bonds is 3. The number of para-hydroxylation sites is 1. The molecule has 2 heterocycles. The average molecular weight is 328 g/mol. The van der Waals surface area contributed by atoms with Gasteiger partial charge in [0.05, 0.1) is 0 Å². The molecule has 2 aromatic carbocycles. The number of likely N-dealkylation sites (tertiary alicyclic amines) is 1. The molecule has 0 aliphatic carbocycles. The largest absolute Gasteiger partial charge is 0.457 e. The van der Waals surface area contributed by atoms with Gasteiger partial charge >= 0.3 is 0 Å². The molecular weight excluding hydrogens is 306 g/mol. The van der Waals surface area contributed by atoms with Crippen LogP contribution >= 0.6 is 11.6 Å². The zero-order valence-electron chi connectivity index (χ0n) is 13.5. The van der Waals surface area contributed by atoms with Gasteiger partial charge in [-0.2, -0.15) is 0 Å². The van der Waals surface area contributed by atoms with Gasteiger partial charge in [0, 0.05) is 35.5 Å². The highest BCUT2D eigenvalue weighted by atomic mass is 35.5. The standard InChI is InChI=1S/C20H22ClNO/c1-2-3-10-22-12-17-15-6-4-5-7-19(15)23-20-9-8-14(21)11-16(20)18(17)13-22/h4-9,11,17-18H,2-3,10,12-13H2,1H3/t17-,18?/m1/s1. The van der Waals surface area contributed by atoms with Gasteiger partial charge in [-0.15, -0.1) is 0 Å². The van der Waals surface area contributed by atoms with E-state index in [1.807, 2.05) is 12.1 Å². The van der Waals surface area contributed by atoms with Crippen LogP contribution in [0.5, 0.6) is 11.5 Å². The van der Waals surface area contributed by atoms with Gasteiger partial charge in [0.1, 0.15) is 11.5 Å². The lowest BCUT2D eigenvalue weighted by Gasteiger charge is -2.17. The minimum absolute atomic E-state index is 0.462. The van der Waals surface area contributed by atoms with Gasteiger partial charge in [0.2, 0.25) is 0 Å². The average Bonchev–Trinajstić information content (AvgIpc) is 2.94. The Kier molecular flexibility index (Phi) is 4.04. The van der Waals surface area contributed by atoms with Gasteiger partial charge in [-0.1, -0.05) is 43.1 Å². The molecule has 0 aromatic heterocycles. The van der Waals surface area contributed by atoms with Gasteiger partial charge < -0.3 is 9.64 Å². The first kappa shape index (κ1) is 15.0. The van der Waals surface area contributed by atoms with Crippen LogP contribution in [0.15, 0.2) is 42.5 Å². The van der Waals surface area contributed by atoms with Crippen LogP contribution in [0, 0.1) is 0 Å². The third-order valence-corrected chi connectivity index (χ3v) is 5.37. The number of hydrogen-bond acceptors (Lipinski definition) is 2. The molecule has 23 heavy (non-hydrogen) atoms. The molecule has 2 aliphatic heterocycles. The summed E-state index contributed by atoms with van der Waals surface area (Å²) in [6, 6.07) is 14.5. The van der Waals surface area contributed by atoms with E-state index in [1.165, 1.54) is 30.5 Å². The van der Waals surface area contributed by atoms with Gasteiger partial charge in [-0.25, -0.2) is 0 Å². The highest BCUT2D eigenvalue weighted by Crippen LogP contribution is 2.50. The first-order chi connectivity index (χ1) is 11.3. The van der Waals surface area contributed by atoms with Crippen LogP contribution in [0.1, 0.15) is 42.7 Å². The molecule has 0 radical (unpaired) electrons. The normalized spacial score (nSPS) is 22.7. The smallest absolute Gasteiger partial charge is 0.131 e. The lowest BCUT2D eigenvalue weighted by atomic mass is 9.84. The molecule has 0 amide bonds. The van der Waals surface area contributed by atoms with Crippen LogP contribution < -0.4 is 4.74 Å².